The van der Waals surface area contributed by atoms with Gasteiger partial charge in [0.25, 0.3) is 0 Å². The summed E-state index contributed by atoms with van der Waals surface area (Å²) in [5.41, 5.74) is 6.58. The number of anilines is 1. The van der Waals surface area contributed by atoms with E-state index < -0.39 is 5.97 Å². The number of carbonyl (C=O) groups is 1. The van der Waals surface area contributed by atoms with Crippen LogP contribution < -0.4 is 10.5 Å². The second kappa shape index (κ2) is 6.35. The molecule has 1 unspecified atom stereocenters. The second-order valence-corrected chi connectivity index (χ2v) is 5.82. The van der Waals surface area contributed by atoms with Crippen LogP contribution in [0.1, 0.15) is 44.0 Å². The summed E-state index contributed by atoms with van der Waals surface area (Å²) in [5, 5.41) is 0. The molecular weight excluding hydrogens is 270 g/mol. The summed E-state index contributed by atoms with van der Waals surface area (Å²) in [6.07, 6.45) is 1.86. The monoisotopic (exact) mass is 293 g/mol. The predicted molar refractivity (Wildman–Crippen MR) is 80.5 cm³/mol. The highest BCUT2D eigenvalue weighted by molar-refractivity contribution is 5.91. The summed E-state index contributed by atoms with van der Waals surface area (Å²) >= 11 is 0. The molecule has 0 aromatic heterocycles. The third-order valence-corrected chi connectivity index (χ3v) is 3.50. The molecule has 5 nitrogen and oxygen atoms in total. The van der Waals surface area contributed by atoms with Gasteiger partial charge in [-0.2, -0.15) is 0 Å². The summed E-state index contributed by atoms with van der Waals surface area (Å²) in [6.45, 7) is 6.77. The van der Waals surface area contributed by atoms with Crippen molar-refractivity contribution in [3.63, 3.8) is 0 Å². The van der Waals surface area contributed by atoms with Crippen molar-refractivity contribution in [2.24, 2.45) is 0 Å². The zero-order chi connectivity index (χ0) is 15.5. The highest BCUT2D eigenvalue weighted by atomic mass is 16.6. The molecule has 1 atom stereocenters. The standard InChI is InChI=1S/C16H23NO4/c1-4-19-14-6-5-11(9-13(14)17)15(18)20-10-12-7-8-16(2,3)21-12/h5-6,9,12H,4,7-8,10,17H2,1-3H3. The lowest BCUT2D eigenvalue weighted by Gasteiger charge is -2.19. The van der Waals surface area contributed by atoms with Crippen LogP contribution in [0.25, 0.3) is 0 Å². The van der Waals surface area contributed by atoms with E-state index in [1.165, 1.54) is 0 Å². The number of esters is 1. The number of nitrogen functional groups attached to an aromatic ring is 1. The highest BCUT2D eigenvalue weighted by Crippen LogP contribution is 2.29. The van der Waals surface area contributed by atoms with Gasteiger partial charge in [0.05, 0.1) is 29.6 Å². The van der Waals surface area contributed by atoms with Gasteiger partial charge < -0.3 is 19.9 Å². The zero-order valence-corrected chi connectivity index (χ0v) is 12.8. The van der Waals surface area contributed by atoms with E-state index in [0.717, 1.165) is 12.8 Å². The third kappa shape index (κ3) is 4.11. The fourth-order valence-corrected chi connectivity index (χ4v) is 2.41. The van der Waals surface area contributed by atoms with Crippen molar-refractivity contribution in [3.8, 4) is 5.75 Å². The van der Waals surface area contributed by atoms with Gasteiger partial charge in [0.15, 0.2) is 0 Å². The molecule has 1 aliphatic rings. The summed E-state index contributed by atoms with van der Waals surface area (Å²) in [4.78, 5) is 12.0. The fourth-order valence-electron chi connectivity index (χ4n) is 2.41. The molecule has 0 aliphatic carbocycles. The van der Waals surface area contributed by atoms with Crippen LogP contribution >= 0.6 is 0 Å². The molecule has 0 saturated carbocycles. The molecule has 1 aromatic carbocycles. The van der Waals surface area contributed by atoms with Crippen molar-refractivity contribution in [3.05, 3.63) is 23.8 Å². The van der Waals surface area contributed by atoms with Crippen LogP contribution in [0.4, 0.5) is 5.69 Å². The molecule has 2 N–H and O–H groups in total. The van der Waals surface area contributed by atoms with Gasteiger partial charge >= 0.3 is 5.97 Å². The summed E-state index contributed by atoms with van der Waals surface area (Å²) in [6, 6.07) is 4.92. The molecule has 1 aliphatic heterocycles. The Bertz CT molecular complexity index is 513. The Hall–Kier alpha value is -1.75. The normalized spacial score (nSPS) is 20.2. The molecule has 0 radical (unpaired) electrons. The van der Waals surface area contributed by atoms with Gasteiger partial charge in [-0.1, -0.05) is 0 Å². The van der Waals surface area contributed by atoms with Gasteiger partial charge in [0.2, 0.25) is 0 Å². The first-order valence-electron chi connectivity index (χ1n) is 7.28. The first kappa shape index (κ1) is 15.6. The van der Waals surface area contributed by atoms with E-state index in [-0.39, 0.29) is 18.3 Å². The van der Waals surface area contributed by atoms with Gasteiger partial charge in [0, 0.05) is 0 Å². The molecule has 21 heavy (non-hydrogen) atoms. The lowest BCUT2D eigenvalue weighted by molar-refractivity contribution is -0.0444. The average molecular weight is 293 g/mol. The van der Waals surface area contributed by atoms with Gasteiger partial charge in [-0.25, -0.2) is 4.79 Å². The molecule has 5 heteroatoms. The van der Waals surface area contributed by atoms with Crippen LogP contribution in [0, 0.1) is 0 Å². The van der Waals surface area contributed by atoms with Crippen LogP contribution in [0.2, 0.25) is 0 Å². The number of benzene rings is 1. The maximum Gasteiger partial charge on any atom is 0.338 e. The topological polar surface area (TPSA) is 70.8 Å². The van der Waals surface area contributed by atoms with Gasteiger partial charge in [-0.3, -0.25) is 0 Å². The number of rotatable bonds is 5. The molecule has 0 bridgehead atoms. The maximum atomic E-state index is 12.0. The van der Waals surface area contributed by atoms with Crippen LogP contribution in [-0.4, -0.2) is 30.9 Å². The molecular formula is C16H23NO4. The van der Waals surface area contributed by atoms with E-state index in [2.05, 4.69) is 0 Å². The Kier molecular flexibility index (Phi) is 4.73. The van der Waals surface area contributed by atoms with Gasteiger partial charge in [0.1, 0.15) is 12.4 Å². The van der Waals surface area contributed by atoms with Crippen LogP contribution in [0.15, 0.2) is 18.2 Å². The fraction of sp³-hybridized carbons (Fsp3) is 0.562. The molecule has 0 spiro atoms. The molecule has 1 saturated heterocycles. The molecule has 2 rings (SSSR count). The predicted octanol–water partition coefficient (Wildman–Crippen LogP) is 2.78. The van der Waals surface area contributed by atoms with Crippen molar-refractivity contribution in [1.82, 2.24) is 0 Å². The second-order valence-electron chi connectivity index (χ2n) is 5.82. The van der Waals surface area contributed by atoms with Crippen molar-refractivity contribution in [2.75, 3.05) is 18.9 Å². The zero-order valence-electron chi connectivity index (χ0n) is 12.8. The van der Waals surface area contributed by atoms with Crippen LogP contribution in [-0.2, 0) is 9.47 Å². The van der Waals surface area contributed by atoms with Crippen molar-refractivity contribution < 1.29 is 19.0 Å². The largest absolute Gasteiger partial charge is 0.492 e. The maximum absolute atomic E-state index is 12.0. The van der Waals surface area contributed by atoms with E-state index in [1.54, 1.807) is 18.2 Å². The number of hydrogen-bond acceptors (Lipinski definition) is 5. The SMILES string of the molecule is CCOc1ccc(C(=O)OCC2CCC(C)(C)O2)cc1N. The first-order chi connectivity index (χ1) is 9.91. The Balaban J connectivity index is 1.90. The quantitative estimate of drug-likeness (QED) is 0.667. The van der Waals surface area contributed by atoms with Gasteiger partial charge in [-0.15, -0.1) is 0 Å². The summed E-state index contributed by atoms with van der Waals surface area (Å²) < 4.78 is 16.4. The molecule has 116 valence electrons. The van der Waals surface area contributed by atoms with E-state index in [1.807, 2.05) is 20.8 Å². The van der Waals surface area contributed by atoms with Crippen molar-refractivity contribution in [1.29, 1.82) is 0 Å². The van der Waals surface area contributed by atoms with E-state index in [9.17, 15) is 4.79 Å². The van der Waals surface area contributed by atoms with Crippen LogP contribution in [0.3, 0.4) is 0 Å². The first-order valence-corrected chi connectivity index (χ1v) is 7.28. The average Bonchev–Trinajstić information content (AvgIpc) is 2.78. The number of carbonyl (C=O) groups excluding carboxylic acids is 1. The molecule has 0 amide bonds. The number of hydrogen-bond donors (Lipinski definition) is 1. The molecule has 1 aromatic rings. The minimum Gasteiger partial charge on any atom is -0.492 e. The van der Waals surface area contributed by atoms with E-state index in [0.29, 0.717) is 23.6 Å². The van der Waals surface area contributed by atoms with Crippen molar-refractivity contribution in [2.45, 2.75) is 45.3 Å². The Labute approximate surface area is 125 Å². The van der Waals surface area contributed by atoms with Gasteiger partial charge in [-0.05, 0) is 51.8 Å². The number of nitrogens with two attached hydrogens (primary N) is 1. The Morgan fingerprint density at radius 3 is 2.81 bits per heavy atom. The van der Waals surface area contributed by atoms with E-state index >= 15 is 0 Å². The minimum atomic E-state index is -0.391. The molecule has 1 fully saturated rings. The molecule has 1 heterocycles. The Morgan fingerprint density at radius 1 is 1.48 bits per heavy atom. The lowest BCUT2D eigenvalue weighted by atomic mass is 10.1. The van der Waals surface area contributed by atoms with Crippen molar-refractivity contribution >= 4 is 11.7 Å². The smallest absolute Gasteiger partial charge is 0.338 e. The Morgan fingerprint density at radius 2 is 2.24 bits per heavy atom. The minimum absolute atomic E-state index is 0.0241. The lowest BCUT2D eigenvalue weighted by Crippen LogP contribution is -2.24. The van der Waals surface area contributed by atoms with E-state index in [4.69, 9.17) is 19.9 Å². The number of ether oxygens (including phenoxy) is 3. The highest BCUT2D eigenvalue weighted by Gasteiger charge is 2.32. The summed E-state index contributed by atoms with van der Waals surface area (Å²) in [5.74, 6) is 0.188. The third-order valence-electron chi connectivity index (χ3n) is 3.50. The van der Waals surface area contributed by atoms with Crippen LogP contribution in [0.5, 0.6) is 5.75 Å². The summed E-state index contributed by atoms with van der Waals surface area (Å²) in [7, 11) is 0.